The first-order chi connectivity index (χ1) is 10.2. The summed E-state index contributed by atoms with van der Waals surface area (Å²) in [6.45, 7) is 0. The standard InChI is InChI=1S/C17H18ClFN2/c18-15-10-4-9-14(16(15)19)17(21-20)13-8-2-1-7-12(13)11-5-3-6-11/h1-2,4,7-11,17,21H,3,5-6,20H2. The van der Waals surface area contributed by atoms with Crippen LogP contribution in [-0.2, 0) is 0 Å². The Hall–Kier alpha value is -1.42. The maximum Gasteiger partial charge on any atom is 0.146 e. The van der Waals surface area contributed by atoms with Crippen LogP contribution in [0.4, 0.5) is 4.39 Å². The number of benzene rings is 2. The molecule has 4 heteroatoms. The van der Waals surface area contributed by atoms with Gasteiger partial charge in [-0.3, -0.25) is 5.84 Å². The summed E-state index contributed by atoms with van der Waals surface area (Å²) in [5, 5.41) is 0.119. The summed E-state index contributed by atoms with van der Waals surface area (Å²) in [7, 11) is 0. The summed E-state index contributed by atoms with van der Waals surface area (Å²) in [5.74, 6) is 5.87. The number of halogens is 2. The van der Waals surface area contributed by atoms with Gasteiger partial charge in [-0.1, -0.05) is 54.4 Å². The summed E-state index contributed by atoms with van der Waals surface area (Å²) >= 11 is 5.90. The third-order valence-corrected chi connectivity index (χ3v) is 4.60. The lowest BCUT2D eigenvalue weighted by Crippen LogP contribution is -2.31. The summed E-state index contributed by atoms with van der Waals surface area (Å²) in [6.07, 6.45) is 3.63. The molecule has 0 spiro atoms. The zero-order chi connectivity index (χ0) is 14.8. The van der Waals surface area contributed by atoms with E-state index < -0.39 is 5.82 Å². The third kappa shape index (κ3) is 2.69. The Morgan fingerprint density at radius 3 is 2.48 bits per heavy atom. The lowest BCUT2D eigenvalue weighted by molar-refractivity contribution is 0.413. The molecule has 0 saturated heterocycles. The highest BCUT2D eigenvalue weighted by Crippen LogP contribution is 2.41. The normalized spacial score (nSPS) is 16.5. The van der Waals surface area contributed by atoms with Crippen LogP contribution in [0.5, 0.6) is 0 Å². The van der Waals surface area contributed by atoms with Crippen molar-refractivity contribution in [1.29, 1.82) is 0 Å². The Morgan fingerprint density at radius 2 is 1.81 bits per heavy atom. The third-order valence-electron chi connectivity index (χ3n) is 4.31. The fourth-order valence-electron chi connectivity index (χ4n) is 2.96. The minimum atomic E-state index is -0.412. The molecule has 3 N–H and O–H groups in total. The lowest BCUT2D eigenvalue weighted by atomic mass is 9.76. The second-order valence-electron chi connectivity index (χ2n) is 5.50. The second-order valence-corrected chi connectivity index (χ2v) is 5.91. The predicted octanol–water partition coefficient (Wildman–Crippen LogP) is 4.30. The Kier molecular flexibility index (Phi) is 4.24. The van der Waals surface area contributed by atoms with Crippen molar-refractivity contribution in [2.75, 3.05) is 0 Å². The van der Waals surface area contributed by atoms with Crippen molar-refractivity contribution in [3.05, 3.63) is 70.0 Å². The van der Waals surface area contributed by atoms with Crippen LogP contribution in [0.2, 0.25) is 5.02 Å². The van der Waals surface area contributed by atoms with E-state index >= 15 is 0 Å². The van der Waals surface area contributed by atoms with Crippen molar-refractivity contribution in [1.82, 2.24) is 5.43 Å². The van der Waals surface area contributed by atoms with Gasteiger partial charge in [0.05, 0.1) is 11.1 Å². The van der Waals surface area contributed by atoms with Crippen molar-refractivity contribution in [3.63, 3.8) is 0 Å². The maximum atomic E-state index is 14.3. The van der Waals surface area contributed by atoms with Crippen LogP contribution < -0.4 is 11.3 Å². The van der Waals surface area contributed by atoms with Gasteiger partial charge in [-0.25, -0.2) is 9.82 Å². The number of hydrogen-bond acceptors (Lipinski definition) is 2. The van der Waals surface area contributed by atoms with Gasteiger partial charge in [0.2, 0.25) is 0 Å². The highest BCUT2D eigenvalue weighted by molar-refractivity contribution is 6.30. The molecule has 0 aromatic heterocycles. The van der Waals surface area contributed by atoms with E-state index in [1.807, 2.05) is 18.2 Å². The fraction of sp³-hybridized carbons (Fsp3) is 0.294. The van der Waals surface area contributed by atoms with Gasteiger partial charge in [-0.2, -0.15) is 0 Å². The summed E-state index contributed by atoms with van der Waals surface area (Å²) in [4.78, 5) is 0. The molecular formula is C17H18ClFN2. The van der Waals surface area contributed by atoms with Crippen LogP contribution in [0.1, 0.15) is 47.9 Å². The Balaban J connectivity index is 2.06. The number of nitrogens with one attached hydrogen (secondary N) is 1. The number of hydrazine groups is 1. The minimum Gasteiger partial charge on any atom is -0.271 e. The molecule has 1 aliphatic carbocycles. The van der Waals surface area contributed by atoms with E-state index in [4.69, 9.17) is 17.4 Å². The number of hydrogen-bond donors (Lipinski definition) is 2. The van der Waals surface area contributed by atoms with Crippen LogP contribution in [0.15, 0.2) is 42.5 Å². The largest absolute Gasteiger partial charge is 0.271 e. The second kappa shape index (κ2) is 6.14. The number of rotatable bonds is 4. The summed E-state index contributed by atoms with van der Waals surface area (Å²) in [5.41, 5.74) is 5.52. The van der Waals surface area contributed by atoms with E-state index in [9.17, 15) is 4.39 Å². The van der Waals surface area contributed by atoms with Gasteiger partial charge in [-0.05, 0) is 36.0 Å². The maximum absolute atomic E-state index is 14.3. The van der Waals surface area contributed by atoms with Crippen LogP contribution in [0.25, 0.3) is 0 Å². The Labute approximate surface area is 129 Å². The van der Waals surface area contributed by atoms with Crippen LogP contribution in [-0.4, -0.2) is 0 Å². The van der Waals surface area contributed by atoms with Gasteiger partial charge in [0.25, 0.3) is 0 Å². The molecule has 2 nitrogen and oxygen atoms in total. The molecule has 0 amide bonds. The first-order valence-corrected chi connectivity index (χ1v) is 7.59. The molecule has 0 aliphatic heterocycles. The minimum absolute atomic E-state index is 0.119. The van der Waals surface area contributed by atoms with E-state index in [1.54, 1.807) is 18.2 Å². The quantitative estimate of drug-likeness (QED) is 0.653. The van der Waals surface area contributed by atoms with Crippen molar-refractivity contribution in [2.45, 2.75) is 31.2 Å². The van der Waals surface area contributed by atoms with Gasteiger partial charge in [0, 0.05) is 5.56 Å². The lowest BCUT2D eigenvalue weighted by Gasteiger charge is -2.30. The van der Waals surface area contributed by atoms with Crippen molar-refractivity contribution < 1.29 is 4.39 Å². The van der Waals surface area contributed by atoms with E-state index in [0.717, 1.165) is 5.56 Å². The Morgan fingerprint density at radius 1 is 1.10 bits per heavy atom. The molecule has 3 rings (SSSR count). The highest BCUT2D eigenvalue weighted by Gasteiger charge is 2.26. The monoisotopic (exact) mass is 304 g/mol. The van der Waals surface area contributed by atoms with Crippen LogP contribution in [0.3, 0.4) is 0 Å². The van der Waals surface area contributed by atoms with E-state index in [-0.39, 0.29) is 11.1 Å². The highest BCUT2D eigenvalue weighted by atomic mass is 35.5. The smallest absolute Gasteiger partial charge is 0.146 e. The van der Waals surface area contributed by atoms with Gasteiger partial charge >= 0.3 is 0 Å². The molecule has 1 saturated carbocycles. The molecule has 1 atom stereocenters. The number of nitrogens with two attached hydrogens (primary N) is 1. The molecule has 0 bridgehead atoms. The SMILES string of the molecule is NNC(c1ccccc1C1CCC1)c1cccc(Cl)c1F. The average Bonchev–Trinajstić information content (AvgIpc) is 2.44. The van der Waals surface area contributed by atoms with Gasteiger partial charge in [0.15, 0.2) is 0 Å². The zero-order valence-corrected chi connectivity index (χ0v) is 12.4. The molecule has 2 aromatic rings. The molecule has 21 heavy (non-hydrogen) atoms. The zero-order valence-electron chi connectivity index (χ0n) is 11.7. The molecule has 110 valence electrons. The first kappa shape index (κ1) is 14.5. The summed E-state index contributed by atoms with van der Waals surface area (Å²) in [6, 6.07) is 12.8. The fourth-order valence-corrected chi connectivity index (χ4v) is 3.14. The Bertz CT molecular complexity index is 640. The molecule has 0 radical (unpaired) electrons. The molecular weight excluding hydrogens is 287 g/mol. The summed E-state index contributed by atoms with van der Waals surface area (Å²) < 4.78 is 14.3. The van der Waals surface area contributed by atoms with E-state index in [0.29, 0.717) is 11.5 Å². The average molecular weight is 305 g/mol. The first-order valence-electron chi connectivity index (χ1n) is 7.21. The van der Waals surface area contributed by atoms with Crippen molar-refractivity contribution >= 4 is 11.6 Å². The van der Waals surface area contributed by atoms with Gasteiger partial charge < -0.3 is 0 Å². The molecule has 2 aromatic carbocycles. The van der Waals surface area contributed by atoms with Crippen LogP contribution in [0, 0.1) is 5.82 Å². The topological polar surface area (TPSA) is 38.0 Å². The molecule has 1 fully saturated rings. The van der Waals surface area contributed by atoms with E-state index in [2.05, 4.69) is 11.5 Å². The van der Waals surface area contributed by atoms with Crippen LogP contribution >= 0.6 is 11.6 Å². The van der Waals surface area contributed by atoms with Gasteiger partial charge in [-0.15, -0.1) is 0 Å². The van der Waals surface area contributed by atoms with Gasteiger partial charge in [0.1, 0.15) is 5.82 Å². The molecule has 1 aliphatic rings. The molecule has 1 unspecified atom stereocenters. The molecule has 0 heterocycles. The van der Waals surface area contributed by atoms with E-state index in [1.165, 1.54) is 24.8 Å². The van der Waals surface area contributed by atoms with Crippen molar-refractivity contribution in [2.24, 2.45) is 5.84 Å². The predicted molar refractivity (Wildman–Crippen MR) is 83.6 cm³/mol. The van der Waals surface area contributed by atoms with Crippen molar-refractivity contribution in [3.8, 4) is 0 Å².